The summed E-state index contributed by atoms with van der Waals surface area (Å²) in [4.78, 5) is 13.9. The number of aromatic nitrogens is 2. The maximum atomic E-state index is 16.8. The molecule has 0 bridgehead atoms. The van der Waals surface area contributed by atoms with Crippen LogP contribution in [0, 0.1) is 29.4 Å². The lowest BCUT2D eigenvalue weighted by atomic mass is 9.71. The van der Waals surface area contributed by atoms with E-state index < -0.39 is 17.2 Å². The SMILES string of the molecule is C#Cc1c(F)ccc2cc(O)cc(-c3ccc4c(N5CCCC(C)(O)C5)nc(OCC56CCCCC5N(C)CC6)nc4c3F)c12. The maximum Gasteiger partial charge on any atom is 0.319 e. The summed E-state index contributed by atoms with van der Waals surface area (Å²) in [6, 6.07) is 9.47. The van der Waals surface area contributed by atoms with Crippen molar-refractivity contribution < 1.29 is 23.7 Å². The van der Waals surface area contributed by atoms with Gasteiger partial charge in [0.15, 0.2) is 5.82 Å². The summed E-state index contributed by atoms with van der Waals surface area (Å²) >= 11 is 0. The Labute approximate surface area is 261 Å². The van der Waals surface area contributed by atoms with Crippen molar-refractivity contribution in [3.05, 3.63) is 53.6 Å². The van der Waals surface area contributed by atoms with Gasteiger partial charge in [-0.15, -0.1) is 6.42 Å². The summed E-state index contributed by atoms with van der Waals surface area (Å²) in [6.45, 7) is 4.22. The van der Waals surface area contributed by atoms with Gasteiger partial charge in [0, 0.05) is 40.9 Å². The number of anilines is 1. The first kappa shape index (κ1) is 29.7. The smallest absolute Gasteiger partial charge is 0.319 e. The van der Waals surface area contributed by atoms with Crippen molar-refractivity contribution in [3.8, 4) is 35.2 Å². The van der Waals surface area contributed by atoms with Crippen LogP contribution in [-0.4, -0.2) is 70.0 Å². The number of hydrogen-bond donors (Lipinski definition) is 2. The lowest BCUT2D eigenvalue weighted by Crippen LogP contribution is -2.46. The van der Waals surface area contributed by atoms with Crippen molar-refractivity contribution in [2.45, 2.75) is 63.5 Å². The predicted molar refractivity (Wildman–Crippen MR) is 171 cm³/mol. The number of aliphatic hydroxyl groups is 1. The number of fused-ring (bicyclic) bond motifs is 3. The van der Waals surface area contributed by atoms with Gasteiger partial charge in [0.2, 0.25) is 0 Å². The number of nitrogens with zero attached hydrogens (tertiary/aromatic N) is 4. The van der Waals surface area contributed by atoms with Gasteiger partial charge in [0.05, 0.1) is 17.8 Å². The zero-order valence-corrected chi connectivity index (χ0v) is 25.7. The minimum atomic E-state index is -0.923. The Kier molecular flexibility index (Phi) is 7.33. The molecule has 0 amide bonds. The monoisotopic (exact) mass is 612 g/mol. The van der Waals surface area contributed by atoms with E-state index in [1.54, 1.807) is 19.1 Å². The van der Waals surface area contributed by atoms with E-state index in [0.29, 0.717) is 54.1 Å². The third-order valence-corrected chi connectivity index (χ3v) is 10.3. The molecule has 45 heavy (non-hydrogen) atoms. The lowest BCUT2D eigenvalue weighted by molar-refractivity contribution is 0.0444. The van der Waals surface area contributed by atoms with E-state index in [1.807, 2.05) is 4.90 Å². The zero-order chi connectivity index (χ0) is 31.5. The van der Waals surface area contributed by atoms with E-state index in [9.17, 15) is 14.6 Å². The van der Waals surface area contributed by atoms with Gasteiger partial charge >= 0.3 is 6.01 Å². The number of aromatic hydroxyl groups is 1. The number of halogens is 2. The summed E-state index contributed by atoms with van der Waals surface area (Å²) in [6.07, 6.45) is 12.7. The molecule has 1 aliphatic carbocycles. The third kappa shape index (κ3) is 5.14. The quantitative estimate of drug-likeness (QED) is 0.252. The molecule has 3 heterocycles. The molecule has 0 spiro atoms. The second kappa shape index (κ2) is 11.1. The average Bonchev–Trinajstić information content (AvgIpc) is 3.36. The fourth-order valence-corrected chi connectivity index (χ4v) is 8.09. The van der Waals surface area contributed by atoms with Gasteiger partial charge in [-0.3, -0.25) is 0 Å². The highest BCUT2D eigenvalue weighted by Gasteiger charge is 2.48. The van der Waals surface area contributed by atoms with Crippen molar-refractivity contribution in [2.75, 3.05) is 38.2 Å². The number of β-amino-alcohol motifs (C(OH)–C–C–N with tert-alkyl or cyclic N) is 1. The fraction of sp³-hybridized carbons (Fsp3) is 0.444. The van der Waals surface area contributed by atoms with E-state index >= 15 is 4.39 Å². The van der Waals surface area contributed by atoms with Crippen LogP contribution in [0.1, 0.15) is 57.4 Å². The van der Waals surface area contributed by atoms with Gasteiger partial charge in [-0.2, -0.15) is 9.97 Å². The average molecular weight is 613 g/mol. The van der Waals surface area contributed by atoms with E-state index in [-0.39, 0.29) is 39.4 Å². The number of hydrogen-bond acceptors (Lipinski definition) is 7. The predicted octanol–water partition coefficient (Wildman–Crippen LogP) is 6.41. The van der Waals surface area contributed by atoms with E-state index in [1.165, 1.54) is 30.7 Å². The zero-order valence-electron chi connectivity index (χ0n) is 25.7. The standard InChI is InChI=1S/C36H38F2N4O3/c1-4-24-28(37)12-9-22-18-23(43)19-27(30(22)24)25-10-11-26-32(31(25)38)39-34(40-33(26)42-16-7-13-35(2,44)20-42)45-21-36-14-6-5-8-29(36)41(3)17-15-36/h1,9-12,18-19,29,43-44H,5-8,13-17,20-21H2,2-3H3. The number of piperidine rings is 1. The van der Waals surface area contributed by atoms with Crippen LogP contribution in [0.4, 0.5) is 14.6 Å². The van der Waals surface area contributed by atoms with Crippen LogP contribution in [0.5, 0.6) is 11.8 Å². The van der Waals surface area contributed by atoms with Crippen LogP contribution >= 0.6 is 0 Å². The second-order valence-corrected chi connectivity index (χ2v) is 13.5. The molecule has 7 rings (SSSR count). The Morgan fingerprint density at radius 2 is 1.89 bits per heavy atom. The van der Waals surface area contributed by atoms with Crippen molar-refractivity contribution >= 4 is 27.5 Å². The van der Waals surface area contributed by atoms with Crippen molar-refractivity contribution in [1.82, 2.24) is 14.9 Å². The van der Waals surface area contributed by atoms with Crippen LogP contribution in [-0.2, 0) is 0 Å². The first-order valence-electron chi connectivity index (χ1n) is 15.8. The maximum absolute atomic E-state index is 16.8. The Balaban J connectivity index is 1.38. The van der Waals surface area contributed by atoms with Crippen molar-refractivity contribution in [3.63, 3.8) is 0 Å². The molecule has 7 nitrogen and oxygen atoms in total. The summed E-state index contributed by atoms with van der Waals surface area (Å²) in [5, 5.41) is 22.8. The molecular weight excluding hydrogens is 574 g/mol. The molecule has 0 radical (unpaired) electrons. The van der Waals surface area contributed by atoms with Gasteiger partial charge in [-0.25, -0.2) is 8.78 Å². The number of phenols is 1. The van der Waals surface area contributed by atoms with Crippen LogP contribution < -0.4 is 9.64 Å². The topological polar surface area (TPSA) is 82.0 Å². The van der Waals surface area contributed by atoms with Gasteiger partial charge in [0.25, 0.3) is 0 Å². The molecule has 2 saturated heterocycles. The molecule has 1 aromatic heterocycles. The molecule has 3 unspecified atom stereocenters. The summed E-state index contributed by atoms with van der Waals surface area (Å²) in [7, 11) is 2.17. The highest BCUT2D eigenvalue weighted by molar-refractivity contribution is 6.04. The fourth-order valence-electron chi connectivity index (χ4n) is 8.09. The third-order valence-electron chi connectivity index (χ3n) is 10.3. The van der Waals surface area contributed by atoms with Gasteiger partial charge in [-0.1, -0.05) is 30.9 Å². The number of terminal acetylenes is 1. The number of likely N-dealkylation sites (tertiary alicyclic amines) is 1. The molecule has 3 atom stereocenters. The van der Waals surface area contributed by atoms with Gasteiger partial charge < -0.3 is 24.7 Å². The van der Waals surface area contributed by atoms with Gasteiger partial charge in [0.1, 0.15) is 22.9 Å². The van der Waals surface area contributed by atoms with Crippen LogP contribution in [0.15, 0.2) is 36.4 Å². The second-order valence-electron chi connectivity index (χ2n) is 13.5. The van der Waals surface area contributed by atoms with E-state index in [2.05, 4.69) is 22.9 Å². The molecule has 3 aliphatic rings. The van der Waals surface area contributed by atoms with Gasteiger partial charge in [-0.05, 0) is 87.8 Å². The Hall–Kier alpha value is -4.00. The Bertz CT molecular complexity index is 1850. The highest BCUT2D eigenvalue weighted by atomic mass is 19.1. The molecule has 4 aromatic rings. The lowest BCUT2D eigenvalue weighted by Gasteiger charge is -2.40. The summed E-state index contributed by atoms with van der Waals surface area (Å²) in [5.74, 6) is 1.54. The largest absolute Gasteiger partial charge is 0.508 e. The molecule has 3 aromatic carbocycles. The molecule has 2 N–H and O–H groups in total. The summed E-state index contributed by atoms with van der Waals surface area (Å²) in [5.41, 5.74) is -0.500. The molecule has 3 fully saturated rings. The minimum absolute atomic E-state index is 0.00313. The molecule has 2 aliphatic heterocycles. The van der Waals surface area contributed by atoms with Crippen LogP contribution in [0.3, 0.4) is 0 Å². The van der Waals surface area contributed by atoms with Crippen LogP contribution in [0.25, 0.3) is 32.8 Å². The molecular formula is C36H38F2N4O3. The molecule has 234 valence electrons. The first-order valence-corrected chi connectivity index (χ1v) is 15.8. The van der Waals surface area contributed by atoms with Crippen LogP contribution in [0.2, 0.25) is 0 Å². The van der Waals surface area contributed by atoms with E-state index in [4.69, 9.17) is 16.1 Å². The number of benzene rings is 3. The van der Waals surface area contributed by atoms with E-state index in [0.717, 1.165) is 38.6 Å². The number of ether oxygens (including phenoxy) is 1. The number of phenolic OH excluding ortho intramolecular Hbond substituents is 1. The highest BCUT2D eigenvalue weighted by Crippen LogP contribution is 2.47. The molecule has 1 saturated carbocycles. The Morgan fingerprint density at radius 3 is 2.69 bits per heavy atom. The van der Waals surface area contributed by atoms with Crippen molar-refractivity contribution in [1.29, 1.82) is 0 Å². The molecule has 9 heteroatoms. The first-order chi connectivity index (χ1) is 21.6. The van der Waals surface area contributed by atoms with Crippen molar-refractivity contribution in [2.24, 2.45) is 5.41 Å². The normalized spacial score (nSPS) is 25.4. The summed E-state index contributed by atoms with van der Waals surface area (Å²) < 4.78 is 38.1. The number of rotatable bonds is 5. The Morgan fingerprint density at radius 1 is 1.04 bits per heavy atom. The minimum Gasteiger partial charge on any atom is -0.508 e.